The van der Waals surface area contributed by atoms with E-state index in [4.69, 9.17) is 16.3 Å². The number of methoxy groups -OCH3 is 1. The van der Waals surface area contributed by atoms with Crippen LogP contribution in [0.2, 0.25) is 5.02 Å². The summed E-state index contributed by atoms with van der Waals surface area (Å²) >= 11 is 5.81. The quantitative estimate of drug-likeness (QED) is 0.684. The van der Waals surface area contributed by atoms with Gasteiger partial charge in [0.15, 0.2) is 5.78 Å². The number of aromatic hydroxyl groups is 1. The summed E-state index contributed by atoms with van der Waals surface area (Å²) in [6.45, 7) is 0. The third-order valence-electron chi connectivity index (χ3n) is 2.75. The van der Waals surface area contributed by atoms with Crippen LogP contribution in [0.5, 0.6) is 11.5 Å². The molecule has 4 heteroatoms. The summed E-state index contributed by atoms with van der Waals surface area (Å²) in [6.07, 6.45) is 3.05. The second-order valence-electron chi connectivity index (χ2n) is 4.14. The van der Waals surface area contributed by atoms with E-state index in [0.29, 0.717) is 10.8 Å². The van der Waals surface area contributed by atoms with Crippen molar-refractivity contribution >= 4 is 23.5 Å². The van der Waals surface area contributed by atoms with Crippen molar-refractivity contribution in [3.05, 3.63) is 64.7 Å². The van der Waals surface area contributed by atoms with Gasteiger partial charge in [-0.25, -0.2) is 0 Å². The summed E-state index contributed by atoms with van der Waals surface area (Å²) in [7, 11) is 1.58. The number of hydrogen-bond acceptors (Lipinski definition) is 3. The first-order valence-corrected chi connectivity index (χ1v) is 6.33. The number of phenols is 1. The monoisotopic (exact) mass is 288 g/mol. The van der Waals surface area contributed by atoms with Crippen LogP contribution in [0.4, 0.5) is 0 Å². The van der Waals surface area contributed by atoms with Gasteiger partial charge in [0.2, 0.25) is 0 Å². The average Bonchev–Trinajstić information content (AvgIpc) is 2.47. The van der Waals surface area contributed by atoms with E-state index in [9.17, 15) is 9.90 Å². The molecule has 0 aliphatic carbocycles. The molecule has 0 amide bonds. The molecule has 0 aliphatic heterocycles. The molecule has 2 aromatic rings. The Morgan fingerprint density at radius 1 is 1.25 bits per heavy atom. The van der Waals surface area contributed by atoms with Crippen molar-refractivity contribution in [2.45, 2.75) is 0 Å². The first-order valence-electron chi connectivity index (χ1n) is 5.95. The van der Waals surface area contributed by atoms with Gasteiger partial charge in [-0.05, 0) is 42.0 Å². The summed E-state index contributed by atoms with van der Waals surface area (Å²) in [5.74, 6) is 0.313. The van der Waals surface area contributed by atoms with Crippen LogP contribution in [0.3, 0.4) is 0 Å². The van der Waals surface area contributed by atoms with Crippen LogP contribution in [-0.2, 0) is 0 Å². The van der Waals surface area contributed by atoms with E-state index in [-0.39, 0.29) is 17.1 Å². The van der Waals surface area contributed by atoms with Crippen LogP contribution in [0.25, 0.3) is 6.08 Å². The molecule has 0 bridgehead atoms. The number of hydrogen-bond donors (Lipinski definition) is 1. The first-order chi connectivity index (χ1) is 9.60. The van der Waals surface area contributed by atoms with Gasteiger partial charge in [-0.15, -0.1) is 0 Å². The summed E-state index contributed by atoms with van der Waals surface area (Å²) in [5, 5.41) is 10.1. The molecule has 102 valence electrons. The van der Waals surface area contributed by atoms with Gasteiger partial charge in [-0.1, -0.05) is 29.8 Å². The number of halogens is 1. The van der Waals surface area contributed by atoms with Gasteiger partial charge >= 0.3 is 0 Å². The average molecular weight is 289 g/mol. The number of carbonyl (C=O) groups is 1. The first kappa shape index (κ1) is 14.2. The van der Waals surface area contributed by atoms with Crippen LogP contribution in [-0.4, -0.2) is 18.0 Å². The minimum atomic E-state index is -0.312. The van der Waals surface area contributed by atoms with Gasteiger partial charge < -0.3 is 9.84 Å². The highest BCUT2D eigenvalue weighted by Gasteiger charge is 2.08. The Labute approximate surface area is 122 Å². The van der Waals surface area contributed by atoms with Gasteiger partial charge in [-0.3, -0.25) is 4.79 Å². The smallest absolute Gasteiger partial charge is 0.189 e. The Morgan fingerprint density at radius 3 is 2.80 bits per heavy atom. The number of allylic oxidation sites excluding steroid dienone is 1. The molecule has 2 rings (SSSR count). The maximum atomic E-state index is 12.0. The Kier molecular flexibility index (Phi) is 4.43. The second kappa shape index (κ2) is 6.26. The molecule has 3 nitrogen and oxygen atoms in total. The Bertz CT molecular complexity index is 663. The van der Waals surface area contributed by atoms with E-state index in [1.807, 2.05) is 24.3 Å². The Balaban J connectivity index is 2.22. The zero-order chi connectivity index (χ0) is 14.5. The summed E-state index contributed by atoms with van der Waals surface area (Å²) < 4.78 is 5.10. The Hall–Kier alpha value is -2.26. The van der Waals surface area contributed by atoms with Crippen LogP contribution < -0.4 is 4.74 Å². The lowest BCUT2D eigenvalue weighted by atomic mass is 10.1. The van der Waals surface area contributed by atoms with E-state index in [1.54, 1.807) is 13.2 Å². The summed E-state index contributed by atoms with van der Waals surface area (Å²) in [6, 6.07) is 11.7. The molecule has 0 saturated heterocycles. The van der Waals surface area contributed by atoms with Crippen molar-refractivity contribution in [1.82, 2.24) is 0 Å². The zero-order valence-corrected chi connectivity index (χ0v) is 11.6. The minimum absolute atomic E-state index is 0.0882. The number of rotatable bonds is 4. The fourth-order valence-electron chi connectivity index (χ4n) is 1.71. The van der Waals surface area contributed by atoms with E-state index < -0.39 is 0 Å². The van der Waals surface area contributed by atoms with Gasteiger partial charge in [0.25, 0.3) is 0 Å². The number of ketones is 1. The number of phenolic OH excluding ortho intramolecular Hbond substituents is 1. The third-order valence-corrected chi connectivity index (χ3v) is 2.98. The molecule has 0 aromatic heterocycles. The zero-order valence-electron chi connectivity index (χ0n) is 10.8. The maximum Gasteiger partial charge on any atom is 0.189 e. The van der Waals surface area contributed by atoms with Crippen LogP contribution >= 0.6 is 11.6 Å². The molecule has 1 N–H and O–H groups in total. The lowest BCUT2D eigenvalue weighted by molar-refractivity contribution is 0.104. The van der Waals surface area contributed by atoms with Crippen molar-refractivity contribution in [2.75, 3.05) is 7.11 Å². The maximum absolute atomic E-state index is 12.0. The van der Waals surface area contributed by atoms with E-state index in [1.165, 1.54) is 24.3 Å². The molecular weight excluding hydrogens is 276 g/mol. The number of benzene rings is 2. The SMILES string of the molecule is COc1cccc(C=CC(=O)c2cc(Cl)ccc2O)c1. The van der Waals surface area contributed by atoms with Crippen molar-refractivity contribution < 1.29 is 14.6 Å². The Morgan fingerprint density at radius 2 is 2.05 bits per heavy atom. The van der Waals surface area contributed by atoms with Gasteiger partial charge in [0, 0.05) is 5.02 Å². The predicted octanol–water partition coefficient (Wildman–Crippen LogP) is 3.95. The largest absolute Gasteiger partial charge is 0.507 e. The molecule has 2 aromatic carbocycles. The summed E-state index contributed by atoms with van der Waals surface area (Å²) in [5.41, 5.74) is 1.01. The third kappa shape index (κ3) is 3.39. The highest BCUT2D eigenvalue weighted by molar-refractivity contribution is 6.31. The molecule has 0 fully saturated rings. The van der Waals surface area contributed by atoms with Crippen molar-refractivity contribution in [3.8, 4) is 11.5 Å². The normalized spacial score (nSPS) is 10.7. The van der Waals surface area contributed by atoms with Crippen molar-refractivity contribution in [1.29, 1.82) is 0 Å². The van der Waals surface area contributed by atoms with Crippen LogP contribution in [0, 0.1) is 0 Å². The fourth-order valence-corrected chi connectivity index (χ4v) is 1.88. The minimum Gasteiger partial charge on any atom is -0.507 e. The molecule has 0 spiro atoms. The van der Waals surface area contributed by atoms with Gasteiger partial charge in [-0.2, -0.15) is 0 Å². The summed E-state index contributed by atoms with van der Waals surface area (Å²) in [4.78, 5) is 12.0. The lowest BCUT2D eigenvalue weighted by Gasteiger charge is -2.02. The molecule has 0 aliphatic rings. The molecule has 0 saturated carbocycles. The highest BCUT2D eigenvalue weighted by Crippen LogP contribution is 2.22. The molecule has 0 radical (unpaired) electrons. The fraction of sp³-hybridized carbons (Fsp3) is 0.0625. The van der Waals surface area contributed by atoms with E-state index >= 15 is 0 Å². The molecule has 0 unspecified atom stereocenters. The van der Waals surface area contributed by atoms with Crippen molar-refractivity contribution in [3.63, 3.8) is 0 Å². The molecular formula is C16H13ClO3. The lowest BCUT2D eigenvalue weighted by Crippen LogP contribution is -1.94. The van der Waals surface area contributed by atoms with E-state index in [2.05, 4.69) is 0 Å². The standard InChI is InChI=1S/C16H13ClO3/c1-20-13-4-2-3-11(9-13)5-7-15(18)14-10-12(17)6-8-16(14)19/h2-10,19H,1H3. The van der Waals surface area contributed by atoms with Crippen molar-refractivity contribution in [2.24, 2.45) is 0 Å². The van der Waals surface area contributed by atoms with Crippen LogP contribution in [0.15, 0.2) is 48.5 Å². The number of ether oxygens (including phenoxy) is 1. The topological polar surface area (TPSA) is 46.5 Å². The second-order valence-corrected chi connectivity index (χ2v) is 4.57. The molecule has 0 atom stereocenters. The highest BCUT2D eigenvalue weighted by atomic mass is 35.5. The van der Waals surface area contributed by atoms with Crippen LogP contribution in [0.1, 0.15) is 15.9 Å². The van der Waals surface area contributed by atoms with Gasteiger partial charge in [0.1, 0.15) is 11.5 Å². The predicted molar refractivity (Wildman–Crippen MR) is 79.5 cm³/mol. The van der Waals surface area contributed by atoms with Gasteiger partial charge in [0.05, 0.1) is 12.7 Å². The number of carbonyl (C=O) groups excluding carboxylic acids is 1. The molecule has 20 heavy (non-hydrogen) atoms. The van der Waals surface area contributed by atoms with E-state index in [0.717, 1.165) is 5.56 Å². The molecule has 0 heterocycles.